The summed E-state index contributed by atoms with van der Waals surface area (Å²) in [7, 11) is 0. The van der Waals surface area contributed by atoms with Gasteiger partial charge in [-0.2, -0.15) is 0 Å². The lowest BCUT2D eigenvalue weighted by molar-refractivity contribution is -0.137. The average molecular weight is 283 g/mol. The first kappa shape index (κ1) is 14.2. The summed E-state index contributed by atoms with van der Waals surface area (Å²) in [6.07, 6.45) is 5.34. The summed E-state index contributed by atoms with van der Waals surface area (Å²) in [5.74, 6) is 0.725. The third kappa shape index (κ3) is 4.75. The Kier molecular flexibility index (Phi) is 5.08. The van der Waals surface area contributed by atoms with Crippen molar-refractivity contribution in [1.29, 1.82) is 0 Å². The zero-order valence-corrected chi connectivity index (χ0v) is 11.7. The molecule has 0 heterocycles. The Labute approximate surface area is 118 Å². The number of aryl methyl sites for hydroxylation is 1. The molecule has 0 atom stereocenters. The summed E-state index contributed by atoms with van der Waals surface area (Å²) < 4.78 is 5.76. The molecule has 1 N–H and O–H groups in total. The Bertz CT molecular complexity index is 441. The minimum Gasteiger partial charge on any atom is -0.493 e. The Morgan fingerprint density at radius 3 is 2.79 bits per heavy atom. The molecule has 0 aromatic heterocycles. The van der Waals surface area contributed by atoms with Crippen LogP contribution in [0.2, 0.25) is 5.02 Å². The first-order valence-electron chi connectivity index (χ1n) is 6.77. The highest BCUT2D eigenvalue weighted by atomic mass is 35.5. The Morgan fingerprint density at radius 1 is 1.37 bits per heavy atom. The third-order valence-electron chi connectivity index (χ3n) is 3.50. The van der Waals surface area contributed by atoms with Crippen molar-refractivity contribution in [3.63, 3.8) is 0 Å². The van der Waals surface area contributed by atoms with Crippen LogP contribution in [0, 0.1) is 5.92 Å². The van der Waals surface area contributed by atoms with Gasteiger partial charge in [0.25, 0.3) is 0 Å². The number of carboxylic acid groups (broad SMARTS) is 1. The minimum atomic E-state index is -0.761. The maximum Gasteiger partial charge on any atom is 0.303 e. The molecular weight excluding hydrogens is 264 g/mol. The van der Waals surface area contributed by atoms with Crippen molar-refractivity contribution in [3.05, 3.63) is 28.8 Å². The van der Waals surface area contributed by atoms with Crippen molar-refractivity contribution in [2.45, 2.75) is 38.5 Å². The van der Waals surface area contributed by atoms with Crippen molar-refractivity contribution in [1.82, 2.24) is 0 Å². The Hall–Kier alpha value is -1.22. The molecule has 1 aliphatic carbocycles. The molecule has 19 heavy (non-hydrogen) atoms. The van der Waals surface area contributed by atoms with Crippen molar-refractivity contribution < 1.29 is 14.6 Å². The minimum absolute atomic E-state index is 0.185. The number of aliphatic carboxylic acids is 1. The predicted octanol–water partition coefficient (Wildman–Crippen LogP) is 3.93. The van der Waals surface area contributed by atoms with Crippen LogP contribution in [0.15, 0.2) is 18.2 Å². The summed E-state index contributed by atoms with van der Waals surface area (Å²) in [6.45, 7) is 0.759. The zero-order valence-electron chi connectivity index (χ0n) is 10.9. The van der Waals surface area contributed by atoms with Crippen LogP contribution < -0.4 is 4.74 Å². The molecule has 0 saturated heterocycles. The molecule has 104 valence electrons. The molecule has 0 amide bonds. The van der Waals surface area contributed by atoms with E-state index in [-0.39, 0.29) is 6.42 Å². The predicted molar refractivity (Wildman–Crippen MR) is 74.9 cm³/mol. The molecule has 0 unspecified atom stereocenters. The number of ether oxygens (including phenoxy) is 1. The molecular formula is C15H19ClO3. The molecule has 2 rings (SSSR count). The van der Waals surface area contributed by atoms with Gasteiger partial charge in [0, 0.05) is 11.4 Å². The largest absolute Gasteiger partial charge is 0.493 e. The van der Waals surface area contributed by atoms with E-state index in [2.05, 4.69) is 0 Å². The smallest absolute Gasteiger partial charge is 0.303 e. The van der Waals surface area contributed by atoms with E-state index in [9.17, 15) is 4.79 Å². The Balaban J connectivity index is 1.87. The van der Waals surface area contributed by atoms with Gasteiger partial charge in [-0.25, -0.2) is 0 Å². The van der Waals surface area contributed by atoms with Crippen molar-refractivity contribution in [2.24, 2.45) is 5.92 Å². The van der Waals surface area contributed by atoms with Gasteiger partial charge in [0.1, 0.15) is 5.75 Å². The molecule has 1 aliphatic rings. The van der Waals surface area contributed by atoms with Gasteiger partial charge in [0.2, 0.25) is 0 Å². The molecule has 4 heteroatoms. The molecule has 0 radical (unpaired) electrons. The standard InChI is InChI=1S/C15H19ClO3/c16-13-7-12(5-2-6-15(17)18)8-14(9-13)19-10-11-3-1-4-11/h7-9,11H,1-6,10H2,(H,17,18). The van der Waals surface area contributed by atoms with E-state index in [1.165, 1.54) is 19.3 Å². The van der Waals surface area contributed by atoms with E-state index in [0.717, 1.165) is 17.9 Å². The molecule has 0 spiro atoms. The van der Waals surface area contributed by atoms with Crippen molar-refractivity contribution in [3.8, 4) is 5.75 Å². The number of benzene rings is 1. The van der Waals surface area contributed by atoms with Gasteiger partial charge in [-0.3, -0.25) is 4.79 Å². The van der Waals surface area contributed by atoms with E-state index in [4.69, 9.17) is 21.4 Å². The fraction of sp³-hybridized carbons (Fsp3) is 0.533. The monoisotopic (exact) mass is 282 g/mol. The third-order valence-corrected chi connectivity index (χ3v) is 3.72. The van der Waals surface area contributed by atoms with Crippen LogP contribution in [-0.4, -0.2) is 17.7 Å². The fourth-order valence-corrected chi connectivity index (χ4v) is 2.41. The van der Waals surface area contributed by atoms with Crippen LogP contribution in [0.4, 0.5) is 0 Å². The lowest BCUT2D eigenvalue weighted by Crippen LogP contribution is -2.19. The van der Waals surface area contributed by atoms with E-state index in [1.807, 2.05) is 18.2 Å². The van der Waals surface area contributed by atoms with Crippen LogP contribution in [0.25, 0.3) is 0 Å². The van der Waals surface area contributed by atoms with Crippen LogP contribution in [0.3, 0.4) is 0 Å². The van der Waals surface area contributed by atoms with Gasteiger partial charge in [0.05, 0.1) is 6.61 Å². The SMILES string of the molecule is O=C(O)CCCc1cc(Cl)cc(OCC2CCC2)c1. The van der Waals surface area contributed by atoms with Crippen LogP contribution >= 0.6 is 11.6 Å². The van der Waals surface area contributed by atoms with Crippen LogP contribution in [-0.2, 0) is 11.2 Å². The van der Waals surface area contributed by atoms with Gasteiger partial charge in [-0.05, 0) is 55.4 Å². The van der Waals surface area contributed by atoms with Gasteiger partial charge in [-0.15, -0.1) is 0 Å². The van der Waals surface area contributed by atoms with Crippen molar-refractivity contribution >= 4 is 17.6 Å². The highest BCUT2D eigenvalue weighted by Crippen LogP contribution is 2.28. The van der Waals surface area contributed by atoms with Crippen LogP contribution in [0.5, 0.6) is 5.75 Å². The number of carbonyl (C=O) groups is 1. The molecule has 1 aromatic carbocycles. The summed E-state index contributed by atoms with van der Waals surface area (Å²) in [5, 5.41) is 9.28. The summed E-state index contributed by atoms with van der Waals surface area (Å²) in [4.78, 5) is 10.5. The second kappa shape index (κ2) is 6.80. The maximum atomic E-state index is 10.5. The lowest BCUT2D eigenvalue weighted by atomic mass is 9.86. The van der Waals surface area contributed by atoms with E-state index in [0.29, 0.717) is 23.8 Å². The molecule has 0 bridgehead atoms. The van der Waals surface area contributed by atoms with Crippen molar-refractivity contribution in [2.75, 3.05) is 6.61 Å². The maximum absolute atomic E-state index is 10.5. The zero-order chi connectivity index (χ0) is 13.7. The summed E-state index contributed by atoms with van der Waals surface area (Å²) >= 11 is 6.06. The second-order valence-corrected chi connectivity index (χ2v) is 5.59. The molecule has 1 fully saturated rings. The topological polar surface area (TPSA) is 46.5 Å². The number of hydrogen-bond acceptors (Lipinski definition) is 2. The van der Waals surface area contributed by atoms with E-state index < -0.39 is 5.97 Å². The number of carboxylic acids is 1. The van der Waals surface area contributed by atoms with Crippen LogP contribution in [0.1, 0.15) is 37.7 Å². The second-order valence-electron chi connectivity index (χ2n) is 5.15. The molecule has 1 saturated carbocycles. The summed E-state index contributed by atoms with van der Waals surface area (Å²) in [5.41, 5.74) is 1.04. The van der Waals surface area contributed by atoms with Gasteiger partial charge in [0.15, 0.2) is 0 Å². The average Bonchev–Trinajstić information content (AvgIpc) is 2.25. The Morgan fingerprint density at radius 2 is 2.16 bits per heavy atom. The van der Waals surface area contributed by atoms with Gasteiger partial charge in [-0.1, -0.05) is 18.0 Å². The number of halogens is 1. The number of hydrogen-bond donors (Lipinski definition) is 1. The number of rotatable bonds is 7. The quantitative estimate of drug-likeness (QED) is 0.824. The first-order chi connectivity index (χ1) is 9.13. The molecule has 1 aromatic rings. The molecule has 0 aliphatic heterocycles. The molecule has 3 nitrogen and oxygen atoms in total. The summed E-state index contributed by atoms with van der Waals surface area (Å²) in [6, 6.07) is 5.66. The van der Waals surface area contributed by atoms with E-state index >= 15 is 0 Å². The highest BCUT2D eigenvalue weighted by molar-refractivity contribution is 6.30. The van der Waals surface area contributed by atoms with E-state index in [1.54, 1.807) is 0 Å². The van der Waals surface area contributed by atoms with Gasteiger partial charge >= 0.3 is 5.97 Å². The highest BCUT2D eigenvalue weighted by Gasteiger charge is 2.18. The normalized spacial score (nSPS) is 15.0. The van der Waals surface area contributed by atoms with Gasteiger partial charge < -0.3 is 9.84 Å². The lowest BCUT2D eigenvalue weighted by Gasteiger charge is -2.25. The fourth-order valence-electron chi connectivity index (χ4n) is 2.17. The first-order valence-corrected chi connectivity index (χ1v) is 7.15.